The molecule has 6 heteroatoms. The molecule has 2 aliphatic rings. The van der Waals surface area contributed by atoms with Crippen LogP contribution in [0.5, 0.6) is 0 Å². The van der Waals surface area contributed by atoms with Gasteiger partial charge in [0.2, 0.25) is 5.91 Å². The third-order valence-electron chi connectivity index (χ3n) is 4.10. The third kappa shape index (κ3) is 2.81. The molecule has 3 amide bonds. The summed E-state index contributed by atoms with van der Waals surface area (Å²) in [6.07, 6.45) is 0.357. The SMILES string of the molecule is Cc1cccc(CC(=O)N2CCC(N3C(=O)COC3=O)C2)c1. The maximum absolute atomic E-state index is 12.4. The molecule has 2 fully saturated rings. The molecule has 0 bridgehead atoms. The van der Waals surface area contributed by atoms with E-state index >= 15 is 0 Å². The van der Waals surface area contributed by atoms with Crippen LogP contribution in [0, 0.1) is 6.92 Å². The van der Waals surface area contributed by atoms with Crippen LogP contribution in [0.15, 0.2) is 24.3 Å². The lowest BCUT2D eigenvalue weighted by atomic mass is 10.1. The molecule has 6 nitrogen and oxygen atoms in total. The van der Waals surface area contributed by atoms with E-state index in [4.69, 9.17) is 4.74 Å². The molecule has 0 spiro atoms. The van der Waals surface area contributed by atoms with Crippen LogP contribution in [0.4, 0.5) is 4.79 Å². The molecular formula is C16H18N2O4. The van der Waals surface area contributed by atoms with Crippen LogP contribution >= 0.6 is 0 Å². The minimum atomic E-state index is -0.594. The van der Waals surface area contributed by atoms with Crippen LogP contribution in [-0.4, -0.2) is 53.4 Å². The van der Waals surface area contributed by atoms with Gasteiger partial charge < -0.3 is 9.64 Å². The van der Waals surface area contributed by atoms with Crippen molar-refractivity contribution in [1.29, 1.82) is 0 Å². The fraction of sp³-hybridized carbons (Fsp3) is 0.438. The first-order valence-corrected chi connectivity index (χ1v) is 7.37. The first-order valence-electron chi connectivity index (χ1n) is 7.37. The molecular weight excluding hydrogens is 284 g/mol. The van der Waals surface area contributed by atoms with Gasteiger partial charge in [0.05, 0.1) is 12.5 Å². The van der Waals surface area contributed by atoms with Crippen molar-refractivity contribution < 1.29 is 19.1 Å². The highest BCUT2D eigenvalue weighted by Gasteiger charge is 2.41. The zero-order chi connectivity index (χ0) is 15.7. The average Bonchev–Trinajstić information content (AvgIpc) is 3.06. The Morgan fingerprint density at radius 2 is 2.18 bits per heavy atom. The Morgan fingerprint density at radius 1 is 1.36 bits per heavy atom. The Morgan fingerprint density at radius 3 is 2.86 bits per heavy atom. The molecule has 2 aliphatic heterocycles. The Hall–Kier alpha value is -2.37. The van der Waals surface area contributed by atoms with Gasteiger partial charge in [-0.2, -0.15) is 0 Å². The topological polar surface area (TPSA) is 66.9 Å². The molecule has 22 heavy (non-hydrogen) atoms. The van der Waals surface area contributed by atoms with Crippen LogP contribution < -0.4 is 0 Å². The van der Waals surface area contributed by atoms with Crippen LogP contribution in [-0.2, 0) is 20.7 Å². The number of amides is 3. The monoisotopic (exact) mass is 302 g/mol. The molecule has 3 rings (SSSR count). The lowest BCUT2D eigenvalue weighted by Gasteiger charge is -2.20. The highest BCUT2D eigenvalue weighted by Crippen LogP contribution is 2.21. The largest absolute Gasteiger partial charge is 0.439 e. The summed E-state index contributed by atoms with van der Waals surface area (Å²) < 4.78 is 4.73. The fourth-order valence-corrected chi connectivity index (χ4v) is 3.00. The summed E-state index contributed by atoms with van der Waals surface area (Å²) in [4.78, 5) is 38.4. The normalized spacial score (nSPS) is 21.4. The fourth-order valence-electron chi connectivity index (χ4n) is 3.00. The van der Waals surface area contributed by atoms with Gasteiger partial charge in [-0.1, -0.05) is 29.8 Å². The second kappa shape index (κ2) is 5.79. The summed E-state index contributed by atoms with van der Waals surface area (Å²) in [5.74, 6) is -0.295. The van der Waals surface area contributed by atoms with E-state index in [1.807, 2.05) is 31.2 Å². The lowest BCUT2D eigenvalue weighted by Crippen LogP contribution is -2.42. The molecule has 1 unspecified atom stereocenters. The Labute approximate surface area is 128 Å². The molecule has 0 radical (unpaired) electrons. The molecule has 2 saturated heterocycles. The Bertz CT molecular complexity index is 612. The van der Waals surface area contributed by atoms with Crippen molar-refractivity contribution in [2.45, 2.75) is 25.8 Å². The van der Waals surface area contributed by atoms with Gasteiger partial charge >= 0.3 is 6.09 Å². The Balaban J connectivity index is 1.61. The summed E-state index contributed by atoms with van der Waals surface area (Å²) in [7, 11) is 0. The van der Waals surface area contributed by atoms with Gasteiger partial charge in [0.15, 0.2) is 6.61 Å². The van der Waals surface area contributed by atoms with Crippen LogP contribution in [0.1, 0.15) is 17.5 Å². The minimum Gasteiger partial charge on any atom is -0.439 e. The van der Waals surface area contributed by atoms with Gasteiger partial charge in [0.25, 0.3) is 5.91 Å². The molecule has 0 N–H and O–H groups in total. The van der Waals surface area contributed by atoms with E-state index in [1.165, 1.54) is 0 Å². The standard InChI is InChI=1S/C16H18N2O4/c1-11-3-2-4-12(7-11)8-14(19)17-6-5-13(9-17)18-15(20)10-22-16(18)21/h2-4,7,13H,5-6,8-10H2,1H3. The van der Waals surface area contributed by atoms with Crippen LogP contribution in [0.25, 0.3) is 0 Å². The van der Waals surface area contributed by atoms with E-state index in [0.717, 1.165) is 16.0 Å². The van der Waals surface area contributed by atoms with Crippen molar-refractivity contribution in [3.8, 4) is 0 Å². The van der Waals surface area contributed by atoms with Crippen molar-refractivity contribution in [2.24, 2.45) is 0 Å². The van der Waals surface area contributed by atoms with Crippen molar-refractivity contribution >= 4 is 17.9 Å². The van der Waals surface area contributed by atoms with Gasteiger partial charge in [-0.05, 0) is 18.9 Å². The number of benzene rings is 1. The third-order valence-corrected chi connectivity index (χ3v) is 4.10. The zero-order valence-corrected chi connectivity index (χ0v) is 12.4. The van der Waals surface area contributed by atoms with E-state index in [2.05, 4.69) is 0 Å². The number of aryl methyl sites for hydroxylation is 1. The van der Waals surface area contributed by atoms with Gasteiger partial charge in [0.1, 0.15) is 0 Å². The molecule has 0 saturated carbocycles. The van der Waals surface area contributed by atoms with Gasteiger partial charge in [-0.3, -0.25) is 9.59 Å². The first kappa shape index (κ1) is 14.6. The molecule has 0 aromatic heterocycles. The van der Waals surface area contributed by atoms with Gasteiger partial charge in [-0.25, -0.2) is 9.69 Å². The van der Waals surface area contributed by atoms with Gasteiger partial charge in [-0.15, -0.1) is 0 Å². The van der Waals surface area contributed by atoms with Crippen molar-refractivity contribution in [3.63, 3.8) is 0 Å². The number of nitrogens with zero attached hydrogens (tertiary/aromatic N) is 2. The van der Waals surface area contributed by atoms with E-state index in [1.54, 1.807) is 4.90 Å². The lowest BCUT2D eigenvalue weighted by molar-refractivity contribution is -0.131. The number of carbonyl (C=O) groups excluding carboxylic acids is 3. The molecule has 116 valence electrons. The highest BCUT2D eigenvalue weighted by molar-refractivity contribution is 5.98. The van der Waals surface area contributed by atoms with E-state index in [-0.39, 0.29) is 24.5 Å². The van der Waals surface area contributed by atoms with E-state index in [0.29, 0.717) is 25.9 Å². The minimum absolute atomic E-state index is 0.0214. The van der Waals surface area contributed by atoms with Gasteiger partial charge in [0, 0.05) is 13.1 Å². The summed E-state index contributed by atoms with van der Waals surface area (Å²) >= 11 is 0. The summed E-state index contributed by atoms with van der Waals surface area (Å²) in [5.41, 5.74) is 2.10. The Kier molecular flexibility index (Phi) is 3.83. The summed E-state index contributed by atoms with van der Waals surface area (Å²) in [6, 6.07) is 7.59. The van der Waals surface area contributed by atoms with Crippen molar-refractivity contribution in [3.05, 3.63) is 35.4 Å². The molecule has 1 aromatic rings. The summed E-state index contributed by atoms with van der Waals surface area (Å²) in [6.45, 7) is 2.76. The average molecular weight is 302 g/mol. The predicted octanol–water partition coefficient (Wildman–Crippen LogP) is 1.12. The smallest absolute Gasteiger partial charge is 0.417 e. The van der Waals surface area contributed by atoms with E-state index < -0.39 is 6.09 Å². The number of hydrogen-bond acceptors (Lipinski definition) is 4. The molecule has 1 aromatic carbocycles. The summed E-state index contributed by atoms with van der Waals surface area (Å²) in [5, 5.41) is 0. The van der Waals surface area contributed by atoms with Crippen molar-refractivity contribution in [1.82, 2.24) is 9.80 Å². The number of hydrogen-bond donors (Lipinski definition) is 0. The number of carbonyl (C=O) groups is 3. The second-order valence-electron chi connectivity index (χ2n) is 5.77. The number of likely N-dealkylation sites (tertiary alicyclic amines) is 1. The molecule has 1 atom stereocenters. The van der Waals surface area contributed by atoms with Crippen molar-refractivity contribution in [2.75, 3.05) is 19.7 Å². The number of cyclic esters (lactones) is 1. The number of ether oxygens (including phenoxy) is 1. The second-order valence-corrected chi connectivity index (χ2v) is 5.77. The van der Waals surface area contributed by atoms with Crippen LogP contribution in [0.2, 0.25) is 0 Å². The van der Waals surface area contributed by atoms with Crippen LogP contribution in [0.3, 0.4) is 0 Å². The maximum Gasteiger partial charge on any atom is 0.417 e. The quantitative estimate of drug-likeness (QED) is 0.839. The maximum atomic E-state index is 12.4. The zero-order valence-electron chi connectivity index (χ0n) is 12.4. The van der Waals surface area contributed by atoms with E-state index in [9.17, 15) is 14.4 Å². The number of rotatable bonds is 3. The highest BCUT2D eigenvalue weighted by atomic mass is 16.6. The molecule has 0 aliphatic carbocycles. The predicted molar refractivity (Wildman–Crippen MR) is 78.1 cm³/mol. The molecule has 2 heterocycles. The first-order chi connectivity index (χ1) is 10.5. The number of imide groups is 1.